The van der Waals surface area contributed by atoms with Gasteiger partial charge in [0.25, 0.3) is 11.8 Å². The third-order valence-electron chi connectivity index (χ3n) is 7.23. The number of alkyl carbamates (subject to hydrolysis) is 1. The van der Waals surface area contributed by atoms with E-state index in [2.05, 4.69) is 10.6 Å². The van der Waals surface area contributed by atoms with Crippen LogP contribution < -0.4 is 15.5 Å². The first-order valence-corrected chi connectivity index (χ1v) is 15.6. The summed E-state index contributed by atoms with van der Waals surface area (Å²) in [6.45, 7) is 12.3. The van der Waals surface area contributed by atoms with E-state index in [9.17, 15) is 19.2 Å². The number of rotatable bonds is 7. The standard InChI is InChI=1S/C37H44N4O6/c1-36(2,3)46-34(44)38-24-25-8-16-30(17-9-25)39-32(42)28-10-12-29(13-11-28)33(43)40(7)31-18-14-26(15-19-31)27-20-22-41(23-21-27)35(45)47-37(4,5)6/h8-20H,21-24H2,1-7H3,(H,38,44)(H,39,42). The number of ether oxygens (including phenoxy) is 2. The summed E-state index contributed by atoms with van der Waals surface area (Å²) >= 11 is 0. The van der Waals surface area contributed by atoms with Crippen LogP contribution in [0.1, 0.15) is 79.8 Å². The zero-order chi connectivity index (χ0) is 34.4. The highest BCUT2D eigenvalue weighted by atomic mass is 16.6. The fourth-order valence-corrected chi connectivity index (χ4v) is 4.80. The van der Waals surface area contributed by atoms with Crippen molar-refractivity contribution in [3.63, 3.8) is 0 Å². The summed E-state index contributed by atoms with van der Waals surface area (Å²) in [7, 11) is 1.71. The van der Waals surface area contributed by atoms with Crippen molar-refractivity contribution in [1.82, 2.24) is 10.2 Å². The molecule has 2 N–H and O–H groups in total. The first-order valence-electron chi connectivity index (χ1n) is 15.6. The zero-order valence-electron chi connectivity index (χ0n) is 28.2. The number of hydrogen-bond acceptors (Lipinski definition) is 6. The van der Waals surface area contributed by atoms with Gasteiger partial charge in [0.15, 0.2) is 0 Å². The summed E-state index contributed by atoms with van der Waals surface area (Å²) < 4.78 is 10.7. The topological polar surface area (TPSA) is 117 Å². The van der Waals surface area contributed by atoms with Gasteiger partial charge < -0.3 is 29.9 Å². The molecule has 3 aromatic rings. The molecule has 1 aliphatic rings. The number of amides is 4. The second-order valence-electron chi connectivity index (χ2n) is 13.4. The molecule has 47 heavy (non-hydrogen) atoms. The van der Waals surface area contributed by atoms with Crippen LogP contribution in [-0.2, 0) is 16.0 Å². The summed E-state index contributed by atoms with van der Waals surface area (Å²) in [5.41, 5.74) is 4.14. The minimum absolute atomic E-state index is 0.204. The first kappa shape index (κ1) is 34.7. The normalized spacial score (nSPS) is 13.3. The maximum absolute atomic E-state index is 13.2. The van der Waals surface area contributed by atoms with Gasteiger partial charge in [-0.1, -0.05) is 30.3 Å². The van der Waals surface area contributed by atoms with Crippen LogP contribution in [0.3, 0.4) is 0 Å². The van der Waals surface area contributed by atoms with E-state index in [1.807, 2.05) is 63.2 Å². The molecule has 4 amide bonds. The number of benzene rings is 3. The van der Waals surface area contributed by atoms with Crippen LogP contribution >= 0.6 is 0 Å². The van der Waals surface area contributed by atoms with Crippen molar-refractivity contribution in [2.45, 2.75) is 65.7 Å². The highest BCUT2D eigenvalue weighted by Crippen LogP contribution is 2.26. The van der Waals surface area contributed by atoms with Crippen LogP contribution in [0.15, 0.2) is 78.9 Å². The predicted octanol–water partition coefficient (Wildman–Crippen LogP) is 7.26. The van der Waals surface area contributed by atoms with Crippen LogP contribution in [0.5, 0.6) is 0 Å². The number of anilines is 2. The van der Waals surface area contributed by atoms with Gasteiger partial charge in [-0.25, -0.2) is 9.59 Å². The quantitative estimate of drug-likeness (QED) is 0.281. The molecule has 0 aromatic heterocycles. The third kappa shape index (κ3) is 10.2. The van der Waals surface area contributed by atoms with Crippen LogP contribution in [0.25, 0.3) is 5.57 Å². The fraction of sp³-hybridized carbons (Fsp3) is 0.351. The molecule has 1 aliphatic heterocycles. The van der Waals surface area contributed by atoms with Gasteiger partial charge in [-0.3, -0.25) is 9.59 Å². The number of hydrogen-bond donors (Lipinski definition) is 2. The number of nitrogens with one attached hydrogen (secondary N) is 2. The second kappa shape index (κ2) is 14.5. The Bertz CT molecular complexity index is 1620. The smallest absolute Gasteiger partial charge is 0.410 e. The molecule has 0 bridgehead atoms. The van der Waals surface area contributed by atoms with Crippen LogP contribution in [-0.4, -0.2) is 60.2 Å². The Labute approximate surface area is 276 Å². The summed E-state index contributed by atoms with van der Waals surface area (Å²) in [4.78, 5) is 53.6. The molecule has 0 radical (unpaired) electrons. The lowest BCUT2D eigenvalue weighted by atomic mass is 9.99. The van der Waals surface area contributed by atoms with Gasteiger partial charge in [-0.05, 0) is 113 Å². The van der Waals surface area contributed by atoms with Crippen molar-refractivity contribution >= 4 is 40.9 Å². The van der Waals surface area contributed by atoms with Crippen LogP contribution in [0, 0.1) is 0 Å². The molecular weight excluding hydrogens is 596 g/mol. The van der Waals surface area contributed by atoms with Gasteiger partial charge in [-0.2, -0.15) is 0 Å². The maximum atomic E-state index is 13.2. The minimum atomic E-state index is -0.572. The monoisotopic (exact) mass is 640 g/mol. The highest BCUT2D eigenvalue weighted by molar-refractivity contribution is 6.08. The van der Waals surface area contributed by atoms with Crippen molar-refractivity contribution in [1.29, 1.82) is 0 Å². The third-order valence-corrected chi connectivity index (χ3v) is 7.23. The van der Waals surface area contributed by atoms with Crippen molar-refractivity contribution in [2.24, 2.45) is 0 Å². The van der Waals surface area contributed by atoms with Gasteiger partial charge in [0.2, 0.25) is 0 Å². The molecule has 10 heteroatoms. The summed E-state index contributed by atoms with van der Waals surface area (Å²) in [5, 5.41) is 5.55. The number of carbonyl (C=O) groups excluding carboxylic acids is 4. The van der Waals surface area contributed by atoms with Crippen molar-refractivity contribution in [3.8, 4) is 0 Å². The lowest BCUT2D eigenvalue weighted by Gasteiger charge is -2.29. The molecule has 3 aromatic carbocycles. The molecule has 1 heterocycles. The van der Waals surface area contributed by atoms with Gasteiger partial charge in [0.1, 0.15) is 11.2 Å². The Morgan fingerprint density at radius 1 is 0.787 bits per heavy atom. The Morgan fingerprint density at radius 2 is 1.38 bits per heavy atom. The maximum Gasteiger partial charge on any atom is 0.410 e. The van der Waals surface area contributed by atoms with E-state index in [0.717, 1.165) is 22.4 Å². The van der Waals surface area contributed by atoms with Gasteiger partial charge >= 0.3 is 12.2 Å². The molecule has 0 atom stereocenters. The largest absolute Gasteiger partial charge is 0.444 e. The Kier molecular flexibility index (Phi) is 10.7. The van der Waals surface area contributed by atoms with E-state index >= 15 is 0 Å². The van der Waals surface area contributed by atoms with E-state index in [0.29, 0.717) is 42.9 Å². The molecule has 0 fully saturated rings. The summed E-state index contributed by atoms with van der Waals surface area (Å²) in [5.74, 6) is -0.510. The van der Waals surface area contributed by atoms with E-state index < -0.39 is 17.3 Å². The average Bonchev–Trinajstić information content (AvgIpc) is 3.02. The van der Waals surface area contributed by atoms with E-state index in [1.165, 1.54) is 0 Å². The van der Waals surface area contributed by atoms with Gasteiger partial charge in [0.05, 0.1) is 0 Å². The molecule has 0 saturated heterocycles. The zero-order valence-corrected chi connectivity index (χ0v) is 28.2. The molecule has 0 spiro atoms. The molecule has 4 rings (SSSR count). The fourth-order valence-electron chi connectivity index (χ4n) is 4.80. The van der Waals surface area contributed by atoms with Gasteiger partial charge in [0, 0.05) is 49.2 Å². The molecule has 10 nitrogen and oxygen atoms in total. The number of carbonyl (C=O) groups is 4. The van der Waals surface area contributed by atoms with Crippen molar-refractivity contribution < 1.29 is 28.7 Å². The Morgan fingerprint density at radius 3 is 1.94 bits per heavy atom. The van der Waals surface area contributed by atoms with E-state index in [1.54, 1.807) is 74.0 Å². The SMILES string of the molecule is CN(C(=O)c1ccc(C(=O)Nc2ccc(CNC(=O)OC(C)(C)C)cc2)cc1)c1ccc(C2=CCN(C(=O)OC(C)(C)C)CC2)cc1. The molecule has 248 valence electrons. The van der Waals surface area contributed by atoms with Crippen molar-refractivity contribution in [3.05, 3.63) is 101 Å². The Balaban J connectivity index is 1.29. The molecule has 0 unspecified atom stereocenters. The predicted molar refractivity (Wildman–Crippen MR) is 183 cm³/mol. The first-order chi connectivity index (χ1) is 22.1. The lowest BCUT2D eigenvalue weighted by molar-refractivity contribution is 0.0270. The lowest BCUT2D eigenvalue weighted by Crippen LogP contribution is -2.39. The van der Waals surface area contributed by atoms with Crippen molar-refractivity contribution in [2.75, 3.05) is 30.4 Å². The average molecular weight is 641 g/mol. The molecule has 0 saturated carbocycles. The van der Waals surface area contributed by atoms with E-state index in [4.69, 9.17) is 9.47 Å². The minimum Gasteiger partial charge on any atom is -0.444 e. The summed E-state index contributed by atoms with van der Waals surface area (Å²) in [6.07, 6.45) is 1.95. The molecule has 0 aliphatic carbocycles. The second-order valence-corrected chi connectivity index (χ2v) is 13.4. The Hall–Kier alpha value is -5.12. The molecular formula is C37H44N4O6. The summed E-state index contributed by atoms with van der Waals surface area (Å²) in [6, 6.07) is 21.4. The van der Waals surface area contributed by atoms with Crippen LogP contribution in [0.4, 0.5) is 21.0 Å². The highest BCUT2D eigenvalue weighted by Gasteiger charge is 2.24. The number of nitrogens with zero attached hydrogens (tertiary/aromatic N) is 2. The van der Waals surface area contributed by atoms with E-state index in [-0.39, 0.29) is 17.9 Å². The van der Waals surface area contributed by atoms with Gasteiger partial charge in [-0.15, -0.1) is 0 Å². The van der Waals surface area contributed by atoms with Crippen LogP contribution in [0.2, 0.25) is 0 Å².